The molecule has 1 fully saturated rings. The predicted molar refractivity (Wildman–Crippen MR) is 36.2 cm³/mol. The van der Waals surface area contributed by atoms with Gasteiger partial charge in [0.05, 0.1) is 0 Å². The second kappa shape index (κ2) is 3.18. The van der Waals surface area contributed by atoms with Gasteiger partial charge in [-0.25, -0.2) is 0 Å². The minimum atomic E-state index is 0.809. The standard InChI is InChI=1S/C7H14NO/c1-3-7(4-2)5-8-6-9-8/h6-7H,3-5H2,1-2H3. The highest BCUT2D eigenvalue weighted by Gasteiger charge is 2.22. The summed E-state index contributed by atoms with van der Waals surface area (Å²) in [5, 5.41) is 1.89. The minimum Gasteiger partial charge on any atom is -0.271 e. The van der Waals surface area contributed by atoms with Crippen molar-refractivity contribution in [2.45, 2.75) is 26.7 Å². The van der Waals surface area contributed by atoms with Crippen molar-refractivity contribution in [3.63, 3.8) is 0 Å². The Kier molecular flexibility index (Phi) is 2.49. The highest BCUT2D eigenvalue weighted by atomic mass is 16.8. The quantitative estimate of drug-likeness (QED) is 0.536. The van der Waals surface area contributed by atoms with Crippen LogP contribution in [-0.2, 0) is 4.84 Å². The molecule has 0 amide bonds. The van der Waals surface area contributed by atoms with Gasteiger partial charge in [-0.05, 0) is 5.92 Å². The number of hydroxylamine groups is 2. The van der Waals surface area contributed by atoms with E-state index in [9.17, 15) is 0 Å². The molecule has 2 nitrogen and oxygen atoms in total. The Morgan fingerprint density at radius 1 is 1.44 bits per heavy atom. The average Bonchev–Trinajstić information content (AvgIpc) is 2.66. The molecule has 0 N–H and O–H groups in total. The average molecular weight is 128 g/mol. The van der Waals surface area contributed by atoms with E-state index in [1.807, 2.05) is 5.06 Å². The van der Waals surface area contributed by atoms with Crippen molar-refractivity contribution in [3.05, 3.63) is 6.73 Å². The van der Waals surface area contributed by atoms with Crippen LogP contribution in [0.1, 0.15) is 26.7 Å². The van der Waals surface area contributed by atoms with Gasteiger partial charge in [0.2, 0.25) is 0 Å². The summed E-state index contributed by atoms with van der Waals surface area (Å²) in [6, 6.07) is 0. The van der Waals surface area contributed by atoms with E-state index in [-0.39, 0.29) is 0 Å². The molecule has 1 aliphatic rings. The second-order valence-electron chi connectivity index (χ2n) is 2.49. The molecule has 0 aromatic rings. The zero-order chi connectivity index (χ0) is 6.69. The van der Waals surface area contributed by atoms with E-state index in [1.165, 1.54) is 12.8 Å². The van der Waals surface area contributed by atoms with E-state index >= 15 is 0 Å². The van der Waals surface area contributed by atoms with Crippen LogP contribution in [0.4, 0.5) is 0 Å². The van der Waals surface area contributed by atoms with Gasteiger partial charge in [-0.3, -0.25) is 4.84 Å². The van der Waals surface area contributed by atoms with E-state index in [4.69, 9.17) is 4.84 Å². The summed E-state index contributed by atoms with van der Waals surface area (Å²) in [6.45, 7) is 7.28. The summed E-state index contributed by atoms with van der Waals surface area (Å²) >= 11 is 0. The monoisotopic (exact) mass is 128 g/mol. The van der Waals surface area contributed by atoms with Gasteiger partial charge < -0.3 is 0 Å². The van der Waals surface area contributed by atoms with Gasteiger partial charge in [0, 0.05) is 6.54 Å². The van der Waals surface area contributed by atoms with Crippen LogP contribution in [0.5, 0.6) is 0 Å². The van der Waals surface area contributed by atoms with Crippen LogP contribution in [0.25, 0.3) is 0 Å². The van der Waals surface area contributed by atoms with Crippen molar-refractivity contribution in [2.24, 2.45) is 5.92 Å². The second-order valence-corrected chi connectivity index (χ2v) is 2.49. The van der Waals surface area contributed by atoms with Gasteiger partial charge >= 0.3 is 0 Å². The van der Waals surface area contributed by atoms with Gasteiger partial charge in [0.25, 0.3) is 0 Å². The topological polar surface area (TPSA) is 15.5 Å². The molecule has 1 aliphatic heterocycles. The molecule has 1 rings (SSSR count). The van der Waals surface area contributed by atoms with Gasteiger partial charge in [0.15, 0.2) is 6.73 Å². The van der Waals surface area contributed by atoms with Gasteiger partial charge in [-0.1, -0.05) is 26.7 Å². The van der Waals surface area contributed by atoms with Crippen LogP contribution in [-0.4, -0.2) is 11.6 Å². The van der Waals surface area contributed by atoms with Crippen LogP contribution in [0, 0.1) is 12.6 Å². The number of hydrogen-bond acceptors (Lipinski definition) is 2. The SMILES string of the molecule is CCC(CC)CN1[CH]O1. The van der Waals surface area contributed by atoms with Crippen molar-refractivity contribution in [1.29, 1.82) is 0 Å². The van der Waals surface area contributed by atoms with Crippen LogP contribution in [0.15, 0.2) is 0 Å². The normalized spacial score (nSPS) is 25.0. The first kappa shape index (κ1) is 7.03. The third-order valence-electron chi connectivity index (χ3n) is 1.85. The molecule has 0 aromatic heterocycles. The molecule has 1 heterocycles. The van der Waals surface area contributed by atoms with Crippen LogP contribution in [0.3, 0.4) is 0 Å². The zero-order valence-electron chi connectivity index (χ0n) is 6.13. The molecule has 1 unspecified atom stereocenters. The molecule has 0 spiro atoms. The maximum atomic E-state index is 4.85. The molecule has 0 saturated carbocycles. The summed E-state index contributed by atoms with van der Waals surface area (Å²) < 4.78 is 0. The van der Waals surface area contributed by atoms with Crippen LogP contribution in [0.2, 0.25) is 0 Å². The first-order valence-electron chi connectivity index (χ1n) is 3.63. The Hall–Kier alpha value is -0.0800. The van der Waals surface area contributed by atoms with E-state index in [0.29, 0.717) is 0 Å². The van der Waals surface area contributed by atoms with E-state index in [0.717, 1.165) is 12.5 Å². The Morgan fingerprint density at radius 2 is 2.00 bits per heavy atom. The molecule has 9 heavy (non-hydrogen) atoms. The molecule has 2 heteroatoms. The molecule has 0 bridgehead atoms. The minimum absolute atomic E-state index is 0.809. The molecular weight excluding hydrogens is 114 g/mol. The Balaban J connectivity index is 2.05. The van der Waals surface area contributed by atoms with E-state index in [2.05, 4.69) is 13.8 Å². The van der Waals surface area contributed by atoms with Crippen molar-refractivity contribution in [3.8, 4) is 0 Å². The summed E-state index contributed by atoms with van der Waals surface area (Å²) in [7, 11) is 0. The van der Waals surface area contributed by atoms with Crippen LogP contribution >= 0.6 is 0 Å². The Bertz CT molecular complexity index is 77.0. The van der Waals surface area contributed by atoms with Crippen molar-refractivity contribution < 1.29 is 4.84 Å². The molecule has 0 aromatic carbocycles. The van der Waals surface area contributed by atoms with E-state index < -0.39 is 0 Å². The Labute approximate surface area is 56.8 Å². The van der Waals surface area contributed by atoms with Crippen molar-refractivity contribution in [2.75, 3.05) is 6.54 Å². The first-order chi connectivity index (χ1) is 4.36. The van der Waals surface area contributed by atoms with Gasteiger partial charge in [-0.2, -0.15) is 5.06 Å². The third kappa shape index (κ3) is 2.33. The fraction of sp³-hybridized carbons (Fsp3) is 0.857. The maximum absolute atomic E-state index is 4.85. The lowest BCUT2D eigenvalue weighted by atomic mass is 10.0. The predicted octanol–water partition coefficient (Wildman–Crippen LogP) is 1.79. The molecule has 1 atom stereocenters. The molecule has 1 radical (unpaired) electrons. The van der Waals surface area contributed by atoms with Crippen molar-refractivity contribution >= 4 is 0 Å². The zero-order valence-corrected chi connectivity index (χ0v) is 6.13. The lowest BCUT2D eigenvalue weighted by Crippen LogP contribution is -2.10. The molecule has 1 saturated heterocycles. The molecule has 0 aliphatic carbocycles. The van der Waals surface area contributed by atoms with Gasteiger partial charge in [-0.15, -0.1) is 0 Å². The van der Waals surface area contributed by atoms with Crippen LogP contribution < -0.4 is 0 Å². The highest BCUT2D eigenvalue weighted by Crippen LogP contribution is 2.19. The third-order valence-corrected chi connectivity index (χ3v) is 1.85. The number of rotatable bonds is 4. The fourth-order valence-corrected chi connectivity index (χ4v) is 0.921. The number of nitrogens with zero attached hydrogens (tertiary/aromatic N) is 1. The first-order valence-corrected chi connectivity index (χ1v) is 3.63. The summed E-state index contributed by atoms with van der Waals surface area (Å²) in [5.74, 6) is 0.809. The maximum Gasteiger partial charge on any atom is 0.197 e. The lowest BCUT2D eigenvalue weighted by Gasteiger charge is -2.08. The molecular formula is C7H14NO. The summed E-state index contributed by atoms with van der Waals surface area (Å²) in [4.78, 5) is 4.85. The largest absolute Gasteiger partial charge is 0.271 e. The van der Waals surface area contributed by atoms with Crippen molar-refractivity contribution in [1.82, 2.24) is 5.06 Å². The summed E-state index contributed by atoms with van der Waals surface area (Å²) in [5.41, 5.74) is 0. The van der Waals surface area contributed by atoms with Gasteiger partial charge in [0.1, 0.15) is 0 Å². The summed E-state index contributed by atoms with van der Waals surface area (Å²) in [6.07, 6.45) is 2.51. The highest BCUT2D eigenvalue weighted by molar-refractivity contribution is 4.66. The van der Waals surface area contributed by atoms with E-state index in [1.54, 1.807) is 6.73 Å². The Morgan fingerprint density at radius 3 is 2.33 bits per heavy atom. The lowest BCUT2D eigenvalue weighted by molar-refractivity contribution is 0.172. The fourth-order valence-electron chi connectivity index (χ4n) is 0.921. The number of hydrogen-bond donors (Lipinski definition) is 0. The smallest absolute Gasteiger partial charge is 0.197 e. The molecule has 53 valence electrons.